The molecule has 0 aliphatic heterocycles. The minimum absolute atomic E-state index is 0.256. The average molecular weight is 338 g/mol. The van der Waals surface area contributed by atoms with E-state index in [2.05, 4.69) is 26.2 Å². The van der Waals surface area contributed by atoms with Crippen molar-refractivity contribution in [1.82, 2.24) is 4.98 Å². The summed E-state index contributed by atoms with van der Waals surface area (Å²) in [7, 11) is 3.77. The fourth-order valence-electron chi connectivity index (χ4n) is 1.57. The minimum atomic E-state index is -0.404. The van der Waals surface area contributed by atoms with Crippen molar-refractivity contribution in [3.63, 3.8) is 0 Å². The molecular weight excluding hydrogens is 325 g/mol. The zero-order valence-electron chi connectivity index (χ0n) is 11.0. The molecule has 1 aromatic carbocycles. The second kappa shape index (κ2) is 6.00. The lowest BCUT2D eigenvalue weighted by Gasteiger charge is -2.11. The quantitative estimate of drug-likeness (QED) is 0.934. The Bertz CT molecular complexity index is 629. The molecule has 6 heteroatoms. The highest BCUT2D eigenvalue weighted by Crippen LogP contribution is 2.18. The first-order valence-corrected chi connectivity index (χ1v) is 6.66. The van der Waals surface area contributed by atoms with Gasteiger partial charge in [-0.1, -0.05) is 0 Å². The summed E-state index contributed by atoms with van der Waals surface area (Å²) < 4.78 is 13.4. The Morgan fingerprint density at radius 2 is 2.05 bits per heavy atom. The van der Waals surface area contributed by atoms with Gasteiger partial charge in [-0.25, -0.2) is 9.37 Å². The van der Waals surface area contributed by atoms with Crippen molar-refractivity contribution in [2.24, 2.45) is 0 Å². The number of halogens is 2. The third-order valence-electron chi connectivity index (χ3n) is 2.65. The molecule has 2 rings (SSSR count). The molecule has 20 heavy (non-hydrogen) atoms. The molecule has 0 aliphatic rings. The molecule has 1 amide bonds. The molecule has 0 unspecified atom stereocenters. The van der Waals surface area contributed by atoms with Crippen LogP contribution in [0, 0.1) is 5.82 Å². The van der Waals surface area contributed by atoms with Crippen LogP contribution in [0.3, 0.4) is 0 Å². The number of anilines is 2. The summed E-state index contributed by atoms with van der Waals surface area (Å²) in [6, 6.07) is 7.67. The maximum Gasteiger partial charge on any atom is 0.255 e. The van der Waals surface area contributed by atoms with Crippen molar-refractivity contribution in [1.29, 1.82) is 0 Å². The number of nitrogens with zero attached hydrogens (tertiary/aromatic N) is 2. The van der Waals surface area contributed by atoms with E-state index in [1.54, 1.807) is 18.3 Å². The van der Waals surface area contributed by atoms with Gasteiger partial charge in [0.25, 0.3) is 5.91 Å². The number of benzene rings is 1. The van der Waals surface area contributed by atoms with Crippen LogP contribution < -0.4 is 10.2 Å². The van der Waals surface area contributed by atoms with Crippen LogP contribution in [0.15, 0.2) is 41.0 Å². The number of pyridine rings is 1. The molecule has 4 nitrogen and oxygen atoms in total. The summed E-state index contributed by atoms with van der Waals surface area (Å²) in [5, 5.41) is 2.71. The SMILES string of the molecule is CN(C)c1ccc(NC(=O)c2ccc(F)c(Br)c2)cn1. The summed E-state index contributed by atoms with van der Waals surface area (Å²) in [5.74, 6) is 0.0798. The van der Waals surface area contributed by atoms with E-state index >= 15 is 0 Å². The van der Waals surface area contributed by atoms with E-state index in [0.29, 0.717) is 11.3 Å². The molecule has 0 radical (unpaired) electrons. The molecule has 1 aromatic heterocycles. The molecule has 2 aromatic rings. The van der Waals surface area contributed by atoms with Crippen molar-refractivity contribution < 1.29 is 9.18 Å². The lowest BCUT2D eigenvalue weighted by molar-refractivity contribution is 0.102. The molecule has 0 saturated carbocycles. The first-order chi connectivity index (χ1) is 9.47. The van der Waals surface area contributed by atoms with Crippen LogP contribution in [0.5, 0.6) is 0 Å². The third-order valence-corrected chi connectivity index (χ3v) is 3.25. The number of amides is 1. The van der Waals surface area contributed by atoms with Gasteiger partial charge in [-0.05, 0) is 46.3 Å². The fraction of sp³-hybridized carbons (Fsp3) is 0.143. The number of hydrogen-bond donors (Lipinski definition) is 1. The van der Waals surface area contributed by atoms with Gasteiger partial charge in [0.2, 0.25) is 0 Å². The molecule has 0 saturated heterocycles. The predicted octanol–water partition coefficient (Wildman–Crippen LogP) is 3.30. The van der Waals surface area contributed by atoms with Crippen LogP contribution in [-0.4, -0.2) is 25.0 Å². The van der Waals surface area contributed by atoms with Gasteiger partial charge in [-0.15, -0.1) is 0 Å². The summed E-state index contributed by atoms with van der Waals surface area (Å²) in [5.41, 5.74) is 0.955. The lowest BCUT2D eigenvalue weighted by Crippen LogP contribution is -2.13. The van der Waals surface area contributed by atoms with Crippen LogP contribution in [-0.2, 0) is 0 Å². The third kappa shape index (κ3) is 3.33. The molecule has 0 aliphatic carbocycles. The first-order valence-electron chi connectivity index (χ1n) is 5.87. The van der Waals surface area contributed by atoms with Gasteiger partial charge in [0.05, 0.1) is 16.4 Å². The lowest BCUT2D eigenvalue weighted by atomic mass is 10.2. The van der Waals surface area contributed by atoms with Crippen LogP contribution in [0.2, 0.25) is 0 Å². The zero-order valence-corrected chi connectivity index (χ0v) is 12.6. The zero-order chi connectivity index (χ0) is 14.7. The van der Waals surface area contributed by atoms with Gasteiger partial charge in [0, 0.05) is 19.7 Å². The maximum atomic E-state index is 13.1. The molecule has 0 fully saturated rings. The fourth-order valence-corrected chi connectivity index (χ4v) is 1.94. The van der Waals surface area contributed by atoms with E-state index in [9.17, 15) is 9.18 Å². The molecular formula is C14H13BrFN3O. The monoisotopic (exact) mass is 337 g/mol. The number of carbonyl (C=O) groups is 1. The Hall–Kier alpha value is -1.95. The van der Waals surface area contributed by atoms with Gasteiger partial charge in [-0.3, -0.25) is 4.79 Å². The Morgan fingerprint density at radius 3 is 2.60 bits per heavy atom. The van der Waals surface area contributed by atoms with E-state index in [4.69, 9.17) is 0 Å². The van der Waals surface area contributed by atoms with E-state index in [-0.39, 0.29) is 10.4 Å². The summed E-state index contributed by atoms with van der Waals surface area (Å²) in [6.07, 6.45) is 1.58. The van der Waals surface area contributed by atoms with Crippen molar-refractivity contribution in [3.05, 3.63) is 52.4 Å². The summed E-state index contributed by atoms with van der Waals surface area (Å²) in [4.78, 5) is 18.1. The maximum absolute atomic E-state index is 13.1. The number of hydrogen-bond acceptors (Lipinski definition) is 3. The highest BCUT2D eigenvalue weighted by atomic mass is 79.9. The van der Waals surface area contributed by atoms with E-state index < -0.39 is 5.82 Å². The number of rotatable bonds is 3. The largest absolute Gasteiger partial charge is 0.363 e. The molecule has 0 spiro atoms. The summed E-state index contributed by atoms with van der Waals surface area (Å²) in [6.45, 7) is 0. The smallest absolute Gasteiger partial charge is 0.255 e. The topological polar surface area (TPSA) is 45.2 Å². The number of carbonyl (C=O) groups excluding carboxylic acids is 1. The van der Waals surface area contributed by atoms with Crippen LogP contribution >= 0.6 is 15.9 Å². The van der Waals surface area contributed by atoms with Crippen molar-refractivity contribution in [2.75, 3.05) is 24.3 Å². The molecule has 104 valence electrons. The van der Waals surface area contributed by atoms with Crippen molar-refractivity contribution in [2.45, 2.75) is 0 Å². The van der Waals surface area contributed by atoms with Gasteiger partial charge in [0.1, 0.15) is 11.6 Å². The second-order valence-corrected chi connectivity index (χ2v) is 5.24. The van der Waals surface area contributed by atoms with Crippen LogP contribution in [0.4, 0.5) is 15.9 Å². The summed E-state index contributed by atoms with van der Waals surface area (Å²) >= 11 is 3.05. The van der Waals surface area contributed by atoms with Crippen molar-refractivity contribution in [3.8, 4) is 0 Å². The van der Waals surface area contributed by atoms with E-state index in [1.165, 1.54) is 18.2 Å². The van der Waals surface area contributed by atoms with Crippen molar-refractivity contribution >= 4 is 33.3 Å². The van der Waals surface area contributed by atoms with Gasteiger partial charge in [0.15, 0.2) is 0 Å². The average Bonchev–Trinajstić information content (AvgIpc) is 2.42. The van der Waals surface area contributed by atoms with Crippen LogP contribution in [0.1, 0.15) is 10.4 Å². The Labute approximate surface area is 124 Å². The molecule has 0 atom stereocenters. The van der Waals surface area contributed by atoms with Crippen LogP contribution in [0.25, 0.3) is 0 Å². The molecule has 1 heterocycles. The number of nitrogens with one attached hydrogen (secondary N) is 1. The van der Waals surface area contributed by atoms with Gasteiger partial charge in [-0.2, -0.15) is 0 Å². The van der Waals surface area contributed by atoms with Gasteiger partial charge >= 0.3 is 0 Å². The molecule has 1 N–H and O–H groups in total. The van der Waals surface area contributed by atoms with Gasteiger partial charge < -0.3 is 10.2 Å². The Morgan fingerprint density at radius 1 is 1.30 bits per heavy atom. The normalized spacial score (nSPS) is 10.2. The Kier molecular flexibility index (Phi) is 4.34. The Balaban J connectivity index is 2.12. The van der Waals surface area contributed by atoms with E-state index in [1.807, 2.05) is 19.0 Å². The highest BCUT2D eigenvalue weighted by molar-refractivity contribution is 9.10. The predicted molar refractivity (Wildman–Crippen MR) is 80.6 cm³/mol. The molecule has 0 bridgehead atoms. The first kappa shape index (κ1) is 14.5. The number of aromatic nitrogens is 1. The minimum Gasteiger partial charge on any atom is -0.363 e. The standard InChI is InChI=1S/C14H13BrFN3O/c1-19(2)13-6-4-10(8-17-13)18-14(20)9-3-5-12(16)11(15)7-9/h3-8H,1-2H3,(H,18,20). The second-order valence-electron chi connectivity index (χ2n) is 4.38. The highest BCUT2D eigenvalue weighted by Gasteiger charge is 2.09. The van der Waals surface area contributed by atoms with E-state index in [0.717, 1.165) is 5.82 Å².